The van der Waals surface area contributed by atoms with Crippen molar-refractivity contribution in [3.8, 4) is 11.1 Å². The molecular formula is C33H34N2O2. The van der Waals surface area contributed by atoms with E-state index >= 15 is 0 Å². The number of benzene rings is 4. The SMILES string of the molecule is CCCCc1nc2ccccc2n1Cc1ccc(-c2c(C(=O)OC(C)(C)C)ccc3ccccc23)cc1. The number of esters is 1. The molecule has 0 fully saturated rings. The number of nitrogens with zero attached hydrogens (tertiary/aromatic N) is 2. The van der Waals surface area contributed by atoms with Crippen LogP contribution in [0, 0.1) is 0 Å². The first-order valence-electron chi connectivity index (χ1n) is 13.1. The Balaban J connectivity index is 1.53. The van der Waals surface area contributed by atoms with Crippen LogP contribution in [0.1, 0.15) is 62.3 Å². The summed E-state index contributed by atoms with van der Waals surface area (Å²) < 4.78 is 8.10. The van der Waals surface area contributed by atoms with E-state index in [1.807, 2.05) is 51.1 Å². The van der Waals surface area contributed by atoms with Gasteiger partial charge in [0.05, 0.1) is 16.6 Å². The first-order chi connectivity index (χ1) is 17.8. The third kappa shape index (κ3) is 5.29. The lowest BCUT2D eigenvalue weighted by atomic mass is 9.92. The zero-order chi connectivity index (χ0) is 26.0. The minimum atomic E-state index is -0.563. The average molecular weight is 491 g/mol. The second-order valence-electron chi connectivity index (χ2n) is 10.6. The smallest absolute Gasteiger partial charge is 0.339 e. The van der Waals surface area contributed by atoms with Crippen molar-refractivity contribution in [2.24, 2.45) is 0 Å². The number of carbonyl (C=O) groups excluding carboxylic acids is 1. The lowest BCUT2D eigenvalue weighted by Crippen LogP contribution is -2.24. The van der Waals surface area contributed by atoms with Gasteiger partial charge < -0.3 is 9.30 Å². The maximum atomic E-state index is 13.2. The summed E-state index contributed by atoms with van der Waals surface area (Å²) in [5, 5.41) is 2.14. The van der Waals surface area contributed by atoms with Crippen molar-refractivity contribution >= 4 is 27.8 Å². The van der Waals surface area contributed by atoms with Gasteiger partial charge in [-0.25, -0.2) is 9.78 Å². The van der Waals surface area contributed by atoms with Crippen LogP contribution in [0.4, 0.5) is 0 Å². The second-order valence-corrected chi connectivity index (χ2v) is 10.6. The van der Waals surface area contributed by atoms with Crippen molar-refractivity contribution in [2.75, 3.05) is 0 Å². The molecule has 0 aliphatic carbocycles. The van der Waals surface area contributed by atoms with E-state index in [0.717, 1.165) is 59.0 Å². The Morgan fingerprint density at radius 3 is 2.38 bits per heavy atom. The zero-order valence-electron chi connectivity index (χ0n) is 22.1. The second kappa shape index (κ2) is 10.2. The van der Waals surface area contributed by atoms with Crippen LogP contribution in [-0.2, 0) is 17.7 Å². The van der Waals surface area contributed by atoms with Gasteiger partial charge in [-0.2, -0.15) is 0 Å². The molecule has 1 aromatic heterocycles. The summed E-state index contributed by atoms with van der Waals surface area (Å²) in [7, 11) is 0. The molecule has 0 amide bonds. The van der Waals surface area contributed by atoms with Gasteiger partial charge in [-0.15, -0.1) is 0 Å². The summed E-state index contributed by atoms with van der Waals surface area (Å²) >= 11 is 0. The van der Waals surface area contributed by atoms with Crippen molar-refractivity contribution in [1.29, 1.82) is 0 Å². The quantitative estimate of drug-likeness (QED) is 0.216. The molecule has 1 heterocycles. The molecule has 0 unspecified atom stereocenters. The third-order valence-electron chi connectivity index (χ3n) is 6.62. The molecule has 5 rings (SSSR count). The molecule has 0 saturated heterocycles. The van der Waals surface area contributed by atoms with Crippen LogP contribution in [0.25, 0.3) is 32.9 Å². The highest BCUT2D eigenvalue weighted by Gasteiger charge is 2.22. The molecule has 4 nitrogen and oxygen atoms in total. The van der Waals surface area contributed by atoms with Crippen molar-refractivity contribution in [1.82, 2.24) is 9.55 Å². The number of unbranched alkanes of at least 4 members (excludes halogenated alkanes) is 1. The van der Waals surface area contributed by atoms with E-state index in [-0.39, 0.29) is 5.97 Å². The Hall–Kier alpha value is -3.92. The van der Waals surface area contributed by atoms with E-state index in [1.165, 1.54) is 11.1 Å². The monoisotopic (exact) mass is 490 g/mol. The Morgan fingerprint density at radius 1 is 0.892 bits per heavy atom. The van der Waals surface area contributed by atoms with E-state index < -0.39 is 5.60 Å². The molecular weight excluding hydrogens is 456 g/mol. The maximum Gasteiger partial charge on any atom is 0.339 e. The average Bonchev–Trinajstić information content (AvgIpc) is 3.23. The van der Waals surface area contributed by atoms with Gasteiger partial charge in [-0.05, 0) is 67.3 Å². The summed E-state index contributed by atoms with van der Waals surface area (Å²) in [6, 6.07) is 29.0. The number of carbonyl (C=O) groups is 1. The van der Waals surface area contributed by atoms with Crippen molar-refractivity contribution in [2.45, 2.75) is 59.1 Å². The van der Waals surface area contributed by atoms with E-state index in [2.05, 4.69) is 66.1 Å². The molecule has 0 atom stereocenters. The normalized spacial score (nSPS) is 11.8. The van der Waals surface area contributed by atoms with Crippen molar-refractivity contribution in [3.63, 3.8) is 0 Å². The number of rotatable bonds is 7. The third-order valence-corrected chi connectivity index (χ3v) is 6.62. The van der Waals surface area contributed by atoms with Gasteiger partial charge in [0.15, 0.2) is 0 Å². The Labute approximate surface area is 218 Å². The molecule has 0 radical (unpaired) electrons. The summed E-state index contributed by atoms with van der Waals surface area (Å²) in [4.78, 5) is 18.1. The van der Waals surface area contributed by atoms with E-state index in [1.54, 1.807) is 0 Å². The van der Waals surface area contributed by atoms with Crippen LogP contribution in [0.15, 0.2) is 84.9 Å². The van der Waals surface area contributed by atoms with Crippen LogP contribution in [0.3, 0.4) is 0 Å². The van der Waals surface area contributed by atoms with Gasteiger partial charge in [0.1, 0.15) is 11.4 Å². The first-order valence-corrected chi connectivity index (χ1v) is 13.1. The highest BCUT2D eigenvalue weighted by molar-refractivity contribution is 6.08. The predicted octanol–water partition coefficient (Wildman–Crippen LogP) is 8.20. The fourth-order valence-corrected chi connectivity index (χ4v) is 4.87. The van der Waals surface area contributed by atoms with Gasteiger partial charge in [0, 0.05) is 18.5 Å². The number of ether oxygens (including phenoxy) is 1. The summed E-state index contributed by atoms with van der Waals surface area (Å²) in [5.41, 5.74) is 5.35. The largest absolute Gasteiger partial charge is 0.456 e. The standard InChI is InChI=1S/C33H34N2O2/c1-5-6-15-30-34-28-13-9-10-14-29(28)35(30)22-23-16-18-25(19-17-23)31-26-12-8-7-11-24(26)20-21-27(31)32(36)37-33(2,3)4/h7-14,16-21H,5-6,15,22H2,1-4H3. The van der Waals surface area contributed by atoms with Gasteiger partial charge in [-0.1, -0.05) is 80.1 Å². The minimum Gasteiger partial charge on any atom is -0.456 e. The Kier molecular flexibility index (Phi) is 6.84. The number of aromatic nitrogens is 2. The molecule has 0 aliphatic heterocycles. The number of para-hydroxylation sites is 2. The lowest BCUT2D eigenvalue weighted by Gasteiger charge is -2.21. The molecule has 4 heteroatoms. The number of hydrogen-bond acceptors (Lipinski definition) is 3. The Morgan fingerprint density at radius 2 is 1.62 bits per heavy atom. The van der Waals surface area contributed by atoms with Crippen molar-refractivity contribution in [3.05, 3.63) is 102 Å². The van der Waals surface area contributed by atoms with Crippen LogP contribution in [0.2, 0.25) is 0 Å². The molecule has 188 valence electrons. The first kappa shape index (κ1) is 24.8. The topological polar surface area (TPSA) is 44.1 Å². The molecule has 4 aromatic carbocycles. The minimum absolute atomic E-state index is 0.303. The van der Waals surface area contributed by atoms with Crippen molar-refractivity contribution < 1.29 is 9.53 Å². The zero-order valence-corrected chi connectivity index (χ0v) is 22.1. The van der Waals surface area contributed by atoms with Crippen LogP contribution in [-0.4, -0.2) is 21.1 Å². The van der Waals surface area contributed by atoms with Crippen LogP contribution in [0.5, 0.6) is 0 Å². The fraction of sp³-hybridized carbons (Fsp3) is 0.273. The van der Waals surface area contributed by atoms with Gasteiger partial charge >= 0.3 is 5.97 Å². The van der Waals surface area contributed by atoms with E-state index in [4.69, 9.17) is 9.72 Å². The molecule has 0 N–H and O–H groups in total. The van der Waals surface area contributed by atoms with E-state index in [9.17, 15) is 4.79 Å². The summed E-state index contributed by atoms with van der Waals surface area (Å²) in [5.74, 6) is 0.830. The molecule has 5 aromatic rings. The highest BCUT2D eigenvalue weighted by Crippen LogP contribution is 2.34. The lowest BCUT2D eigenvalue weighted by molar-refractivity contribution is 0.00706. The van der Waals surface area contributed by atoms with E-state index in [0.29, 0.717) is 5.56 Å². The number of fused-ring (bicyclic) bond motifs is 2. The number of aryl methyl sites for hydroxylation is 1. The molecule has 0 spiro atoms. The summed E-state index contributed by atoms with van der Waals surface area (Å²) in [6.45, 7) is 8.66. The highest BCUT2D eigenvalue weighted by atomic mass is 16.6. The van der Waals surface area contributed by atoms with Gasteiger partial charge in [0.25, 0.3) is 0 Å². The van der Waals surface area contributed by atoms with Gasteiger partial charge in [0.2, 0.25) is 0 Å². The van der Waals surface area contributed by atoms with Crippen LogP contribution < -0.4 is 0 Å². The Bertz CT molecular complexity index is 1560. The maximum absolute atomic E-state index is 13.2. The fourth-order valence-electron chi connectivity index (χ4n) is 4.87. The van der Waals surface area contributed by atoms with Crippen LogP contribution >= 0.6 is 0 Å². The molecule has 0 bridgehead atoms. The molecule has 0 saturated carbocycles. The molecule has 37 heavy (non-hydrogen) atoms. The summed E-state index contributed by atoms with van der Waals surface area (Å²) in [6.07, 6.45) is 3.23. The number of hydrogen-bond donors (Lipinski definition) is 0. The molecule has 0 aliphatic rings. The van der Waals surface area contributed by atoms with Gasteiger partial charge in [-0.3, -0.25) is 0 Å². The number of imidazole rings is 1. The predicted molar refractivity (Wildman–Crippen MR) is 152 cm³/mol.